The number of hydrogen-bond acceptors (Lipinski definition) is 5. The molecule has 4 saturated carbocycles. The molecule has 2 heterocycles. The fourth-order valence-electron chi connectivity index (χ4n) is 11.7. The Bertz CT molecular complexity index is 958. The van der Waals surface area contributed by atoms with Crippen LogP contribution in [0, 0.1) is 34.5 Å². The number of likely N-dealkylation sites (tertiary alicyclic amines) is 2. The predicted octanol–water partition coefficient (Wildman–Crippen LogP) is 5.97. The van der Waals surface area contributed by atoms with Crippen molar-refractivity contribution < 1.29 is 23.5 Å². The van der Waals surface area contributed by atoms with Crippen molar-refractivity contribution in [3.63, 3.8) is 0 Å². The van der Waals surface area contributed by atoms with E-state index in [1.54, 1.807) is 13.8 Å². The first kappa shape index (κ1) is 29.0. The van der Waals surface area contributed by atoms with Crippen molar-refractivity contribution in [3.8, 4) is 0 Å². The van der Waals surface area contributed by atoms with Crippen molar-refractivity contribution in [1.82, 2.24) is 4.90 Å². The Balaban J connectivity index is 1.29. The van der Waals surface area contributed by atoms with Gasteiger partial charge in [0.1, 0.15) is 12.1 Å². The van der Waals surface area contributed by atoms with Crippen molar-refractivity contribution in [2.75, 3.05) is 33.2 Å². The van der Waals surface area contributed by atoms with Gasteiger partial charge in [0.05, 0.1) is 20.1 Å². The average molecular weight is 558 g/mol. The van der Waals surface area contributed by atoms with Gasteiger partial charge in [-0.3, -0.25) is 14.5 Å². The van der Waals surface area contributed by atoms with Crippen molar-refractivity contribution in [2.45, 2.75) is 135 Å². The first-order chi connectivity index (χ1) is 19.0. The number of rotatable bonds is 4. The largest absolute Gasteiger partial charge is 0.461 e. The number of esters is 2. The van der Waals surface area contributed by atoms with Gasteiger partial charge in [0.25, 0.3) is 0 Å². The van der Waals surface area contributed by atoms with Gasteiger partial charge >= 0.3 is 11.9 Å². The number of ether oxygens (including phenoxy) is 2. The quantitative estimate of drug-likeness (QED) is 0.315. The molecule has 6 aliphatic rings. The van der Waals surface area contributed by atoms with E-state index in [-0.39, 0.29) is 29.6 Å². The number of likely N-dealkylation sites (N-methyl/N-ethyl adjacent to an activating group) is 1. The van der Waals surface area contributed by atoms with Crippen molar-refractivity contribution in [3.05, 3.63) is 0 Å². The third-order valence-corrected chi connectivity index (χ3v) is 13.7. The molecule has 2 aliphatic heterocycles. The lowest BCUT2D eigenvalue weighted by molar-refractivity contribution is -0.940. The summed E-state index contributed by atoms with van der Waals surface area (Å²) in [4.78, 5) is 27.4. The molecule has 0 bridgehead atoms. The number of quaternary nitrogens is 1. The van der Waals surface area contributed by atoms with Gasteiger partial charge in [-0.05, 0) is 113 Å². The van der Waals surface area contributed by atoms with E-state index in [1.807, 2.05) is 0 Å². The maximum absolute atomic E-state index is 12.5. The summed E-state index contributed by atoms with van der Waals surface area (Å²) < 4.78 is 13.5. The van der Waals surface area contributed by atoms with Crippen molar-refractivity contribution in [1.29, 1.82) is 0 Å². The molecule has 6 nitrogen and oxygen atoms in total. The lowest BCUT2D eigenvalue weighted by Crippen LogP contribution is -2.61. The van der Waals surface area contributed by atoms with E-state index in [0.29, 0.717) is 35.3 Å². The molecule has 0 N–H and O–H groups in total. The predicted molar refractivity (Wildman–Crippen MR) is 156 cm³/mol. The van der Waals surface area contributed by atoms with Gasteiger partial charge in [0.15, 0.2) is 6.10 Å². The van der Waals surface area contributed by atoms with Gasteiger partial charge in [0, 0.05) is 31.7 Å². The molecule has 226 valence electrons. The first-order valence-corrected chi connectivity index (χ1v) is 17.0. The summed E-state index contributed by atoms with van der Waals surface area (Å²) in [5.74, 6) is 2.50. The Morgan fingerprint density at radius 2 is 1.48 bits per heavy atom. The summed E-state index contributed by atoms with van der Waals surface area (Å²) in [5, 5.41) is 0. The van der Waals surface area contributed by atoms with Crippen LogP contribution in [0.25, 0.3) is 0 Å². The van der Waals surface area contributed by atoms with Crippen LogP contribution in [-0.2, 0) is 19.1 Å². The minimum atomic E-state index is -0.111. The zero-order chi connectivity index (χ0) is 28.3. The topological polar surface area (TPSA) is 55.8 Å². The Morgan fingerprint density at radius 3 is 2.15 bits per heavy atom. The van der Waals surface area contributed by atoms with Crippen LogP contribution in [0.2, 0.25) is 0 Å². The van der Waals surface area contributed by atoms with Crippen LogP contribution in [0.15, 0.2) is 0 Å². The molecule has 0 amide bonds. The third kappa shape index (κ3) is 4.85. The molecule has 2 saturated heterocycles. The summed E-state index contributed by atoms with van der Waals surface area (Å²) in [6, 6.07) is 0.796. The number of piperidine rings is 2. The van der Waals surface area contributed by atoms with Crippen LogP contribution < -0.4 is 0 Å². The summed E-state index contributed by atoms with van der Waals surface area (Å²) in [6.45, 7) is 13.1. The SMILES string of the molecule is CC(=O)O[C@H]1CC2CCC3C(CCC4(C)C3C[C@H]([N+]3(C)CCCCC3)[C@@H]4OC(C)=O)C2(C)C[C@@H]1N1CCCCC1. The summed E-state index contributed by atoms with van der Waals surface area (Å²) in [6.07, 6.45) is 16.3. The molecule has 4 aliphatic carbocycles. The standard InChI is InChI=1S/C34H57N2O4/c1-23(37)39-31-20-25-12-13-26-27(34(25,4)22-29(31)35-16-8-6-9-17-35)14-15-33(3)28(26)21-30(32(33)40-24(2)38)36(5)18-10-7-11-19-36/h25-32H,6-22H2,1-5H3/q+1/t25?,26?,27?,28?,29-,30-,31-,32-,33?,34?/m0/s1. The molecule has 0 radical (unpaired) electrons. The Morgan fingerprint density at radius 1 is 0.800 bits per heavy atom. The summed E-state index contributed by atoms with van der Waals surface area (Å²) >= 11 is 0. The molecule has 6 fully saturated rings. The van der Waals surface area contributed by atoms with Gasteiger partial charge in [-0.15, -0.1) is 0 Å². The second-order valence-corrected chi connectivity index (χ2v) is 15.8. The molecule has 6 heteroatoms. The molecular weight excluding hydrogens is 500 g/mol. The van der Waals surface area contributed by atoms with Crippen LogP contribution >= 0.6 is 0 Å². The van der Waals surface area contributed by atoms with E-state index in [4.69, 9.17) is 9.47 Å². The number of nitrogens with zero attached hydrogens (tertiary/aromatic N) is 2. The van der Waals surface area contributed by atoms with Gasteiger partial charge < -0.3 is 14.0 Å². The highest BCUT2D eigenvalue weighted by Crippen LogP contribution is 2.67. The molecule has 40 heavy (non-hydrogen) atoms. The number of hydrogen-bond donors (Lipinski definition) is 0. The van der Waals surface area contributed by atoms with Crippen LogP contribution in [0.1, 0.15) is 111 Å². The van der Waals surface area contributed by atoms with E-state index < -0.39 is 0 Å². The highest BCUT2D eigenvalue weighted by Gasteiger charge is 2.67. The second kappa shape index (κ2) is 10.8. The molecular formula is C34H57N2O4+. The monoisotopic (exact) mass is 557 g/mol. The molecule has 6 rings (SSSR count). The maximum Gasteiger partial charge on any atom is 0.303 e. The zero-order valence-corrected chi connectivity index (χ0v) is 26.2. The fraction of sp³-hybridized carbons (Fsp3) is 0.941. The van der Waals surface area contributed by atoms with Gasteiger partial charge in [0.2, 0.25) is 0 Å². The Kier molecular flexibility index (Phi) is 7.85. The lowest BCUT2D eigenvalue weighted by atomic mass is 9.44. The number of carbonyl (C=O) groups excluding carboxylic acids is 2. The maximum atomic E-state index is 12.5. The highest BCUT2D eigenvalue weighted by atomic mass is 16.5. The van der Waals surface area contributed by atoms with E-state index in [2.05, 4.69) is 25.8 Å². The second-order valence-electron chi connectivity index (χ2n) is 15.8. The first-order valence-electron chi connectivity index (χ1n) is 17.0. The lowest BCUT2D eigenvalue weighted by Gasteiger charge is -2.62. The number of fused-ring (bicyclic) bond motifs is 5. The van der Waals surface area contributed by atoms with Crippen molar-refractivity contribution in [2.24, 2.45) is 34.5 Å². The summed E-state index contributed by atoms with van der Waals surface area (Å²) in [5.41, 5.74) is 0.377. The normalized spacial score (nSPS) is 46.9. The molecule has 0 aromatic rings. The molecule has 0 aromatic heterocycles. The van der Waals surface area contributed by atoms with Crippen LogP contribution in [0.5, 0.6) is 0 Å². The fourth-order valence-corrected chi connectivity index (χ4v) is 11.7. The smallest absolute Gasteiger partial charge is 0.303 e. The van der Waals surface area contributed by atoms with Crippen LogP contribution in [0.4, 0.5) is 0 Å². The molecule has 0 spiro atoms. The average Bonchev–Trinajstić information content (AvgIpc) is 3.21. The van der Waals surface area contributed by atoms with E-state index in [0.717, 1.165) is 29.9 Å². The summed E-state index contributed by atoms with van der Waals surface area (Å²) in [7, 11) is 2.47. The molecule has 10 atom stereocenters. The Hall–Kier alpha value is -1.14. The van der Waals surface area contributed by atoms with Crippen LogP contribution in [-0.4, -0.2) is 78.8 Å². The Labute approximate surface area is 243 Å². The minimum absolute atomic E-state index is 0.0466. The minimum Gasteiger partial charge on any atom is -0.461 e. The molecule has 0 aromatic carbocycles. The zero-order valence-electron chi connectivity index (χ0n) is 26.2. The van der Waals surface area contributed by atoms with Gasteiger partial charge in [-0.2, -0.15) is 0 Å². The number of carbonyl (C=O) groups is 2. The van der Waals surface area contributed by atoms with Gasteiger partial charge in [-0.1, -0.05) is 20.3 Å². The van der Waals surface area contributed by atoms with Crippen LogP contribution in [0.3, 0.4) is 0 Å². The molecule has 6 unspecified atom stereocenters. The van der Waals surface area contributed by atoms with E-state index >= 15 is 0 Å². The van der Waals surface area contributed by atoms with Crippen molar-refractivity contribution >= 4 is 11.9 Å². The van der Waals surface area contributed by atoms with E-state index in [9.17, 15) is 9.59 Å². The highest BCUT2D eigenvalue weighted by molar-refractivity contribution is 5.66. The third-order valence-electron chi connectivity index (χ3n) is 13.7. The van der Waals surface area contributed by atoms with Gasteiger partial charge in [-0.25, -0.2) is 0 Å². The van der Waals surface area contributed by atoms with E-state index in [1.165, 1.54) is 90.1 Å².